The Morgan fingerprint density at radius 2 is 2.00 bits per heavy atom. The van der Waals surface area contributed by atoms with Crippen molar-refractivity contribution in [3.05, 3.63) is 35.6 Å². The fourth-order valence-corrected chi connectivity index (χ4v) is 2.33. The average molecular weight is 283 g/mol. The molecule has 3 N–H and O–H groups in total. The van der Waals surface area contributed by atoms with Crippen molar-refractivity contribution in [3.63, 3.8) is 0 Å². The minimum Gasteiger partial charge on any atom is -0.490 e. The normalized spacial score (nSPS) is 10.2. The number of nitrogen functional groups attached to an aromatic ring is 1. The zero-order chi connectivity index (χ0) is 13.0. The maximum atomic E-state index is 5.83. The van der Waals surface area contributed by atoms with Gasteiger partial charge in [-0.1, -0.05) is 23.4 Å². The number of nitrogens with two attached hydrogens (primary N) is 1. The lowest BCUT2D eigenvalue weighted by Gasteiger charge is -2.10. The maximum absolute atomic E-state index is 5.83. The predicted octanol–water partition coefficient (Wildman–Crippen LogP) is 2.58. The van der Waals surface area contributed by atoms with Crippen LogP contribution >= 0.6 is 23.4 Å². The van der Waals surface area contributed by atoms with Crippen molar-refractivity contribution in [1.29, 1.82) is 0 Å². The van der Waals surface area contributed by atoms with Crippen molar-refractivity contribution < 1.29 is 4.74 Å². The van der Waals surface area contributed by atoms with Crippen LogP contribution in [0.25, 0.3) is 0 Å². The number of hydrogen-bond acceptors (Lipinski definition) is 6. The molecule has 0 aliphatic rings. The molecule has 0 fully saturated rings. The van der Waals surface area contributed by atoms with E-state index < -0.39 is 0 Å². The molecule has 1 aromatic heterocycles. The zero-order valence-electron chi connectivity index (χ0n) is 9.55. The van der Waals surface area contributed by atoms with Gasteiger partial charge < -0.3 is 10.2 Å². The molecule has 5 nitrogen and oxygen atoms in total. The van der Waals surface area contributed by atoms with Gasteiger partial charge in [0.2, 0.25) is 0 Å². The van der Waals surface area contributed by atoms with Crippen LogP contribution in [0.15, 0.2) is 40.5 Å². The molecule has 1 aromatic carbocycles. The highest BCUT2D eigenvalue weighted by atomic mass is 35.5. The van der Waals surface area contributed by atoms with Gasteiger partial charge in [0.15, 0.2) is 11.6 Å². The second-order valence-electron chi connectivity index (χ2n) is 3.26. The van der Waals surface area contributed by atoms with Crippen LogP contribution in [-0.2, 0) is 0 Å². The number of halogens is 1. The Hall–Kier alpha value is -1.50. The van der Waals surface area contributed by atoms with Gasteiger partial charge in [0.1, 0.15) is 11.4 Å². The quantitative estimate of drug-likeness (QED) is 0.510. The van der Waals surface area contributed by atoms with Crippen molar-refractivity contribution in [2.24, 2.45) is 5.84 Å². The Labute approximate surface area is 114 Å². The maximum Gasteiger partial charge on any atom is 0.195 e. The van der Waals surface area contributed by atoms with Gasteiger partial charge >= 0.3 is 0 Å². The minimum absolute atomic E-state index is 0.448. The lowest BCUT2D eigenvalue weighted by molar-refractivity contribution is 0.400. The molecule has 0 aliphatic heterocycles. The van der Waals surface area contributed by atoms with E-state index in [1.807, 2.05) is 24.3 Å². The number of methoxy groups -OCH3 is 1. The van der Waals surface area contributed by atoms with Crippen LogP contribution in [0, 0.1) is 0 Å². The number of benzene rings is 1. The SMILES string of the molecule is COc1c(NN)ncnc1Sc1ccc(Cl)cc1. The fraction of sp³-hybridized carbons (Fsp3) is 0.0909. The molecule has 0 atom stereocenters. The lowest BCUT2D eigenvalue weighted by Crippen LogP contribution is -2.10. The van der Waals surface area contributed by atoms with Crippen LogP contribution in [0.5, 0.6) is 5.75 Å². The van der Waals surface area contributed by atoms with E-state index in [-0.39, 0.29) is 0 Å². The van der Waals surface area contributed by atoms with Gasteiger partial charge in [0, 0.05) is 9.92 Å². The Balaban J connectivity index is 2.31. The number of nitrogens with zero attached hydrogens (tertiary/aromatic N) is 2. The molecular formula is C11H11ClN4OS. The Kier molecular flexibility index (Phi) is 4.24. The van der Waals surface area contributed by atoms with Crippen LogP contribution in [-0.4, -0.2) is 17.1 Å². The van der Waals surface area contributed by atoms with Crippen molar-refractivity contribution in [1.82, 2.24) is 9.97 Å². The molecule has 0 bridgehead atoms. The summed E-state index contributed by atoms with van der Waals surface area (Å²) in [6.45, 7) is 0. The lowest BCUT2D eigenvalue weighted by atomic mass is 10.4. The summed E-state index contributed by atoms with van der Waals surface area (Å²) in [7, 11) is 1.55. The summed E-state index contributed by atoms with van der Waals surface area (Å²) in [5.74, 6) is 6.32. The molecule has 1 heterocycles. The topological polar surface area (TPSA) is 73.1 Å². The highest BCUT2D eigenvalue weighted by Gasteiger charge is 2.12. The average Bonchev–Trinajstić information content (AvgIpc) is 2.41. The van der Waals surface area contributed by atoms with Gasteiger partial charge in [-0.3, -0.25) is 0 Å². The molecule has 2 aromatic rings. The van der Waals surface area contributed by atoms with Crippen molar-refractivity contribution >= 4 is 29.2 Å². The molecule has 0 unspecified atom stereocenters. The van der Waals surface area contributed by atoms with Crippen molar-refractivity contribution in [3.8, 4) is 5.75 Å². The number of hydrogen-bond donors (Lipinski definition) is 2. The number of aromatic nitrogens is 2. The van der Waals surface area contributed by atoms with Crippen LogP contribution in [0.3, 0.4) is 0 Å². The largest absolute Gasteiger partial charge is 0.490 e. The standard InChI is InChI=1S/C11H11ClN4OS/c1-17-9-10(16-13)14-6-15-11(9)18-8-4-2-7(12)3-5-8/h2-6H,13H2,1H3,(H,14,15,16). The molecule has 0 amide bonds. The van der Waals surface area contributed by atoms with Gasteiger partial charge in [0.05, 0.1) is 7.11 Å². The molecule has 0 saturated carbocycles. The molecule has 0 saturated heterocycles. The first-order valence-electron chi connectivity index (χ1n) is 5.03. The summed E-state index contributed by atoms with van der Waals surface area (Å²) in [6, 6.07) is 7.45. The van der Waals surface area contributed by atoms with Crippen molar-refractivity contribution in [2.75, 3.05) is 12.5 Å². The van der Waals surface area contributed by atoms with Crippen molar-refractivity contribution in [2.45, 2.75) is 9.92 Å². The number of hydrazine groups is 1. The van der Waals surface area contributed by atoms with Crippen LogP contribution in [0.2, 0.25) is 5.02 Å². The van der Waals surface area contributed by atoms with E-state index in [0.717, 1.165) is 4.90 Å². The molecule has 7 heteroatoms. The van der Waals surface area contributed by atoms with E-state index in [1.54, 1.807) is 7.11 Å². The molecule has 0 aliphatic carbocycles. The van der Waals surface area contributed by atoms with Gasteiger partial charge in [-0.15, -0.1) is 0 Å². The number of ether oxygens (including phenoxy) is 1. The first-order valence-corrected chi connectivity index (χ1v) is 6.23. The Morgan fingerprint density at radius 3 is 2.61 bits per heavy atom. The molecule has 0 spiro atoms. The second-order valence-corrected chi connectivity index (χ2v) is 4.76. The number of rotatable bonds is 4. The fourth-order valence-electron chi connectivity index (χ4n) is 1.33. The summed E-state index contributed by atoms with van der Waals surface area (Å²) in [5.41, 5.74) is 2.47. The summed E-state index contributed by atoms with van der Waals surface area (Å²) in [5, 5.41) is 1.38. The van der Waals surface area contributed by atoms with E-state index in [2.05, 4.69) is 15.4 Å². The third-order valence-electron chi connectivity index (χ3n) is 2.14. The van der Waals surface area contributed by atoms with Gasteiger partial charge in [-0.25, -0.2) is 15.8 Å². The molecule has 94 valence electrons. The Bertz CT molecular complexity index is 535. The summed E-state index contributed by atoms with van der Waals surface area (Å²) >= 11 is 7.28. The first-order chi connectivity index (χ1) is 8.74. The predicted molar refractivity (Wildman–Crippen MR) is 72.0 cm³/mol. The van der Waals surface area contributed by atoms with Crippen LogP contribution < -0.4 is 16.0 Å². The van der Waals surface area contributed by atoms with Crippen LogP contribution in [0.1, 0.15) is 0 Å². The monoisotopic (exact) mass is 282 g/mol. The summed E-state index contributed by atoms with van der Waals surface area (Å²) in [4.78, 5) is 9.15. The van der Waals surface area contributed by atoms with Gasteiger partial charge in [0.25, 0.3) is 0 Å². The third-order valence-corrected chi connectivity index (χ3v) is 3.38. The highest BCUT2D eigenvalue weighted by molar-refractivity contribution is 7.99. The van der Waals surface area contributed by atoms with Gasteiger partial charge in [-0.2, -0.15) is 0 Å². The molecule has 0 radical (unpaired) electrons. The highest BCUT2D eigenvalue weighted by Crippen LogP contribution is 2.36. The summed E-state index contributed by atoms with van der Waals surface area (Å²) < 4.78 is 5.25. The number of anilines is 1. The van der Waals surface area contributed by atoms with E-state index in [1.165, 1.54) is 18.1 Å². The smallest absolute Gasteiger partial charge is 0.195 e. The van der Waals surface area contributed by atoms with E-state index >= 15 is 0 Å². The molecule has 18 heavy (non-hydrogen) atoms. The van der Waals surface area contributed by atoms with E-state index in [4.69, 9.17) is 22.2 Å². The third kappa shape index (κ3) is 2.84. The first kappa shape index (κ1) is 12.9. The Morgan fingerprint density at radius 1 is 1.28 bits per heavy atom. The number of nitrogens with one attached hydrogen (secondary N) is 1. The van der Waals surface area contributed by atoms with Crippen LogP contribution in [0.4, 0.5) is 5.82 Å². The second kappa shape index (κ2) is 5.90. The van der Waals surface area contributed by atoms with E-state index in [9.17, 15) is 0 Å². The molecular weight excluding hydrogens is 272 g/mol. The summed E-state index contributed by atoms with van der Waals surface area (Å²) in [6.07, 6.45) is 1.43. The minimum atomic E-state index is 0.448. The zero-order valence-corrected chi connectivity index (χ0v) is 11.1. The van der Waals surface area contributed by atoms with Gasteiger partial charge in [-0.05, 0) is 24.3 Å². The van der Waals surface area contributed by atoms with E-state index in [0.29, 0.717) is 21.6 Å². The molecule has 2 rings (SSSR count).